The van der Waals surface area contributed by atoms with E-state index in [0.717, 1.165) is 17.1 Å². The van der Waals surface area contributed by atoms with Crippen LogP contribution < -0.4 is 10.6 Å². The third kappa shape index (κ3) is 2.16. The Morgan fingerprint density at radius 1 is 1.53 bits per heavy atom. The molecule has 1 aliphatic rings. The van der Waals surface area contributed by atoms with E-state index >= 15 is 0 Å². The van der Waals surface area contributed by atoms with Crippen molar-refractivity contribution in [1.29, 1.82) is 0 Å². The van der Waals surface area contributed by atoms with Crippen LogP contribution in [0.3, 0.4) is 0 Å². The van der Waals surface area contributed by atoms with Gasteiger partial charge < -0.3 is 10.6 Å². The van der Waals surface area contributed by atoms with Crippen molar-refractivity contribution >= 4 is 23.4 Å². The number of rotatable bonds is 2. The number of nitrogens with one attached hydrogen (secondary N) is 2. The van der Waals surface area contributed by atoms with Crippen molar-refractivity contribution < 1.29 is 4.79 Å². The molecule has 2 rings (SSSR count). The van der Waals surface area contributed by atoms with Crippen LogP contribution in [0.15, 0.2) is 23.1 Å². The molecule has 0 bridgehead atoms. The molecule has 1 atom stereocenters. The van der Waals surface area contributed by atoms with E-state index in [2.05, 4.69) is 22.8 Å². The van der Waals surface area contributed by atoms with Gasteiger partial charge in [-0.15, -0.1) is 11.8 Å². The lowest BCUT2D eigenvalue weighted by Crippen LogP contribution is -2.26. The van der Waals surface area contributed by atoms with E-state index in [9.17, 15) is 4.79 Å². The van der Waals surface area contributed by atoms with Crippen molar-refractivity contribution in [1.82, 2.24) is 5.32 Å². The van der Waals surface area contributed by atoms with E-state index in [4.69, 9.17) is 0 Å². The molecule has 0 saturated carbocycles. The first-order chi connectivity index (χ1) is 7.20. The number of hydrogen-bond acceptors (Lipinski definition) is 3. The number of carbonyl (C=O) groups excluding carboxylic acids is 1. The second-order valence-electron chi connectivity index (χ2n) is 3.61. The van der Waals surface area contributed by atoms with Crippen LogP contribution in [0.5, 0.6) is 0 Å². The van der Waals surface area contributed by atoms with E-state index in [1.807, 2.05) is 20.0 Å². The number of fused-ring (bicyclic) bond motifs is 1. The Bertz CT molecular complexity index is 392. The highest BCUT2D eigenvalue weighted by Gasteiger charge is 2.22. The molecule has 3 nitrogen and oxygen atoms in total. The highest BCUT2D eigenvalue weighted by molar-refractivity contribution is 8.00. The maximum Gasteiger partial charge on any atom is 0.237 e. The predicted octanol–water partition coefficient (Wildman–Crippen LogP) is 1.84. The second-order valence-corrected chi connectivity index (χ2v) is 4.99. The van der Waals surface area contributed by atoms with Gasteiger partial charge in [0.15, 0.2) is 0 Å². The van der Waals surface area contributed by atoms with Gasteiger partial charge in [0, 0.05) is 11.4 Å². The van der Waals surface area contributed by atoms with E-state index in [1.54, 1.807) is 11.8 Å². The van der Waals surface area contributed by atoms with Gasteiger partial charge in [0.2, 0.25) is 5.91 Å². The molecule has 2 N–H and O–H groups in total. The van der Waals surface area contributed by atoms with Gasteiger partial charge in [0.1, 0.15) is 0 Å². The van der Waals surface area contributed by atoms with E-state index < -0.39 is 0 Å². The molecule has 1 aromatic rings. The Labute approximate surface area is 93.6 Å². The first-order valence-corrected chi connectivity index (χ1v) is 5.83. The zero-order chi connectivity index (χ0) is 10.8. The van der Waals surface area contributed by atoms with Crippen LogP contribution in [0.1, 0.15) is 12.5 Å². The summed E-state index contributed by atoms with van der Waals surface area (Å²) in [7, 11) is 1.91. The first-order valence-electron chi connectivity index (χ1n) is 4.96. The van der Waals surface area contributed by atoms with Crippen molar-refractivity contribution in [2.75, 3.05) is 12.4 Å². The van der Waals surface area contributed by atoms with Gasteiger partial charge in [-0.2, -0.15) is 0 Å². The largest absolute Gasteiger partial charge is 0.324 e. The third-order valence-corrected chi connectivity index (χ3v) is 3.53. The summed E-state index contributed by atoms with van der Waals surface area (Å²) in [5, 5.41) is 6.02. The summed E-state index contributed by atoms with van der Waals surface area (Å²) in [4.78, 5) is 12.6. The first kappa shape index (κ1) is 10.5. The standard InChI is InChI=1S/C11H14N2OS/c1-7-11(14)13-9-5-8(6-12-2)3-4-10(9)15-7/h3-5,7,12H,6H2,1-2H3,(H,13,14). The lowest BCUT2D eigenvalue weighted by atomic mass is 10.2. The Morgan fingerprint density at radius 2 is 2.33 bits per heavy atom. The Hall–Kier alpha value is -1.000. The molecule has 0 aliphatic carbocycles. The molecule has 0 spiro atoms. The molecule has 1 aliphatic heterocycles. The summed E-state index contributed by atoms with van der Waals surface area (Å²) in [5.74, 6) is 0.0918. The van der Waals surface area contributed by atoms with Gasteiger partial charge in [-0.25, -0.2) is 0 Å². The van der Waals surface area contributed by atoms with E-state index in [1.165, 1.54) is 5.56 Å². The second kappa shape index (κ2) is 4.24. The normalized spacial score (nSPS) is 19.6. The van der Waals surface area contributed by atoms with Crippen LogP contribution in [-0.2, 0) is 11.3 Å². The topological polar surface area (TPSA) is 41.1 Å². The summed E-state index contributed by atoms with van der Waals surface area (Å²) in [6, 6.07) is 6.19. The number of anilines is 1. The molecule has 1 amide bonds. The third-order valence-electron chi connectivity index (χ3n) is 2.36. The highest BCUT2D eigenvalue weighted by Crippen LogP contribution is 2.35. The summed E-state index contributed by atoms with van der Waals surface area (Å²) in [5.41, 5.74) is 2.13. The van der Waals surface area contributed by atoms with Crippen molar-refractivity contribution in [3.8, 4) is 0 Å². The summed E-state index contributed by atoms with van der Waals surface area (Å²) < 4.78 is 0. The number of carbonyl (C=O) groups is 1. The Kier molecular flexibility index (Phi) is 2.98. The zero-order valence-electron chi connectivity index (χ0n) is 8.83. The number of thioether (sulfide) groups is 1. The average molecular weight is 222 g/mol. The molecular weight excluding hydrogens is 208 g/mol. The molecule has 15 heavy (non-hydrogen) atoms. The molecule has 0 fully saturated rings. The lowest BCUT2D eigenvalue weighted by molar-refractivity contribution is -0.115. The molecule has 1 aromatic carbocycles. The van der Waals surface area contributed by atoms with Crippen LogP contribution in [0.4, 0.5) is 5.69 Å². The molecule has 80 valence electrons. The van der Waals surface area contributed by atoms with Crippen LogP contribution in [0.25, 0.3) is 0 Å². The van der Waals surface area contributed by atoms with Gasteiger partial charge in [-0.1, -0.05) is 6.07 Å². The number of hydrogen-bond donors (Lipinski definition) is 2. The van der Waals surface area contributed by atoms with Crippen LogP contribution in [0.2, 0.25) is 0 Å². The van der Waals surface area contributed by atoms with Crippen LogP contribution in [-0.4, -0.2) is 18.2 Å². The fourth-order valence-electron chi connectivity index (χ4n) is 1.57. The fourth-order valence-corrected chi connectivity index (χ4v) is 2.50. The maximum absolute atomic E-state index is 11.5. The summed E-state index contributed by atoms with van der Waals surface area (Å²) >= 11 is 1.61. The lowest BCUT2D eigenvalue weighted by Gasteiger charge is -2.21. The van der Waals surface area contributed by atoms with Crippen molar-refractivity contribution in [3.63, 3.8) is 0 Å². The van der Waals surface area contributed by atoms with E-state index in [0.29, 0.717) is 0 Å². The quantitative estimate of drug-likeness (QED) is 0.802. The van der Waals surface area contributed by atoms with Gasteiger partial charge in [-0.05, 0) is 31.7 Å². The molecular formula is C11H14N2OS. The Morgan fingerprint density at radius 3 is 3.07 bits per heavy atom. The minimum Gasteiger partial charge on any atom is -0.324 e. The zero-order valence-corrected chi connectivity index (χ0v) is 9.65. The monoisotopic (exact) mass is 222 g/mol. The summed E-state index contributed by atoms with van der Waals surface area (Å²) in [6.07, 6.45) is 0. The maximum atomic E-state index is 11.5. The molecule has 1 unspecified atom stereocenters. The highest BCUT2D eigenvalue weighted by atomic mass is 32.2. The van der Waals surface area contributed by atoms with Gasteiger partial charge in [0.25, 0.3) is 0 Å². The minimum atomic E-state index is 0.00708. The number of benzene rings is 1. The van der Waals surface area contributed by atoms with E-state index in [-0.39, 0.29) is 11.2 Å². The fraction of sp³-hybridized carbons (Fsp3) is 0.364. The Balaban J connectivity index is 2.29. The molecule has 0 radical (unpaired) electrons. The van der Waals surface area contributed by atoms with Gasteiger partial charge >= 0.3 is 0 Å². The predicted molar refractivity (Wildman–Crippen MR) is 63.2 cm³/mol. The van der Waals surface area contributed by atoms with Crippen molar-refractivity contribution in [2.24, 2.45) is 0 Å². The molecule has 0 saturated heterocycles. The van der Waals surface area contributed by atoms with Gasteiger partial charge in [-0.3, -0.25) is 4.79 Å². The van der Waals surface area contributed by atoms with Gasteiger partial charge in [0.05, 0.1) is 10.9 Å². The van der Waals surface area contributed by atoms with Crippen LogP contribution >= 0.6 is 11.8 Å². The van der Waals surface area contributed by atoms with Crippen LogP contribution in [0, 0.1) is 0 Å². The summed E-state index contributed by atoms with van der Waals surface area (Å²) in [6.45, 7) is 2.74. The molecule has 4 heteroatoms. The SMILES string of the molecule is CNCc1ccc2c(c1)NC(=O)C(C)S2. The van der Waals surface area contributed by atoms with Crippen molar-refractivity contribution in [3.05, 3.63) is 23.8 Å². The molecule has 0 aromatic heterocycles. The number of amides is 1. The smallest absolute Gasteiger partial charge is 0.237 e. The average Bonchev–Trinajstić information content (AvgIpc) is 2.21. The molecule has 1 heterocycles. The van der Waals surface area contributed by atoms with Crippen molar-refractivity contribution in [2.45, 2.75) is 23.6 Å². The minimum absolute atomic E-state index is 0.00708.